The van der Waals surface area contributed by atoms with E-state index < -0.39 is 46.4 Å². The number of aliphatic hydroxyl groups excluding tert-OH is 1. The van der Waals surface area contributed by atoms with Crippen molar-refractivity contribution in [1.82, 2.24) is 10.0 Å². The molecule has 2 amide bonds. The summed E-state index contributed by atoms with van der Waals surface area (Å²) in [5, 5.41) is 14.5. The SMILES string of the molecule is COc1cccc(S(=O)(=O)N[C@@H]2CC[C@H](CCNC(=O)Nc3cc(F)ccc3F)O[C@H]2CO)c1. The van der Waals surface area contributed by atoms with Crippen molar-refractivity contribution in [3.63, 3.8) is 0 Å². The molecule has 1 heterocycles. The van der Waals surface area contributed by atoms with Gasteiger partial charge in [-0.05, 0) is 43.5 Å². The summed E-state index contributed by atoms with van der Waals surface area (Å²) in [5.74, 6) is -1.04. The van der Waals surface area contributed by atoms with E-state index in [2.05, 4.69) is 15.4 Å². The van der Waals surface area contributed by atoms with Gasteiger partial charge in [0.25, 0.3) is 0 Å². The number of carbonyl (C=O) groups excluding carboxylic acids is 1. The Morgan fingerprint density at radius 1 is 1.21 bits per heavy atom. The fourth-order valence-electron chi connectivity index (χ4n) is 3.62. The zero-order chi connectivity index (χ0) is 24.7. The van der Waals surface area contributed by atoms with Crippen LogP contribution in [-0.2, 0) is 14.8 Å². The maximum Gasteiger partial charge on any atom is 0.319 e. The van der Waals surface area contributed by atoms with Gasteiger partial charge in [0, 0.05) is 18.7 Å². The molecule has 0 radical (unpaired) electrons. The van der Waals surface area contributed by atoms with Crippen molar-refractivity contribution in [2.24, 2.45) is 0 Å². The van der Waals surface area contributed by atoms with Gasteiger partial charge in [-0.1, -0.05) is 6.07 Å². The van der Waals surface area contributed by atoms with Gasteiger partial charge >= 0.3 is 6.03 Å². The maximum absolute atomic E-state index is 13.6. The maximum atomic E-state index is 13.6. The van der Waals surface area contributed by atoms with Crippen LogP contribution < -0.4 is 20.1 Å². The number of aliphatic hydroxyl groups is 1. The lowest BCUT2D eigenvalue weighted by molar-refractivity contribution is -0.0871. The molecule has 3 rings (SSSR count). The van der Waals surface area contributed by atoms with Gasteiger partial charge in [0.1, 0.15) is 17.4 Å². The first-order valence-corrected chi connectivity index (χ1v) is 12.1. The van der Waals surface area contributed by atoms with Gasteiger partial charge in [0.2, 0.25) is 10.0 Å². The van der Waals surface area contributed by atoms with Crippen molar-refractivity contribution >= 4 is 21.7 Å². The second kappa shape index (κ2) is 11.6. The fourth-order valence-corrected chi connectivity index (χ4v) is 4.95. The molecule has 0 saturated carbocycles. The molecule has 186 valence electrons. The highest BCUT2D eigenvalue weighted by molar-refractivity contribution is 7.89. The molecule has 0 spiro atoms. The van der Waals surface area contributed by atoms with E-state index in [1.54, 1.807) is 12.1 Å². The summed E-state index contributed by atoms with van der Waals surface area (Å²) in [6.45, 7) is -0.222. The second-order valence-electron chi connectivity index (χ2n) is 7.76. The lowest BCUT2D eigenvalue weighted by atomic mass is 9.98. The molecule has 0 bridgehead atoms. The first-order valence-electron chi connectivity index (χ1n) is 10.6. The number of methoxy groups -OCH3 is 1. The highest BCUT2D eigenvalue weighted by Gasteiger charge is 2.34. The van der Waals surface area contributed by atoms with Gasteiger partial charge in [-0.3, -0.25) is 0 Å². The Kier molecular flexibility index (Phi) is 8.78. The molecule has 3 atom stereocenters. The van der Waals surface area contributed by atoms with Crippen molar-refractivity contribution < 1.29 is 36.6 Å². The van der Waals surface area contributed by atoms with E-state index in [4.69, 9.17) is 9.47 Å². The number of urea groups is 1. The normalized spacial score (nSPS) is 20.5. The molecule has 1 fully saturated rings. The van der Waals surface area contributed by atoms with E-state index in [0.29, 0.717) is 25.0 Å². The Bertz CT molecular complexity index is 1100. The average Bonchev–Trinajstić information content (AvgIpc) is 2.82. The van der Waals surface area contributed by atoms with E-state index in [1.807, 2.05) is 0 Å². The minimum atomic E-state index is -3.86. The highest BCUT2D eigenvalue weighted by Crippen LogP contribution is 2.24. The zero-order valence-corrected chi connectivity index (χ0v) is 19.3. The molecule has 34 heavy (non-hydrogen) atoms. The number of hydrogen-bond donors (Lipinski definition) is 4. The topological polar surface area (TPSA) is 126 Å². The molecule has 1 aliphatic heterocycles. The van der Waals surface area contributed by atoms with E-state index in [-0.39, 0.29) is 23.2 Å². The quantitative estimate of drug-likeness (QED) is 0.420. The first kappa shape index (κ1) is 25.8. The summed E-state index contributed by atoms with van der Waals surface area (Å²) in [6.07, 6.45) is 0.184. The van der Waals surface area contributed by atoms with Crippen LogP contribution in [0.5, 0.6) is 5.75 Å². The number of nitrogens with one attached hydrogen (secondary N) is 3. The molecule has 12 heteroatoms. The van der Waals surface area contributed by atoms with Crippen molar-refractivity contribution in [2.75, 3.05) is 25.6 Å². The molecule has 9 nitrogen and oxygen atoms in total. The van der Waals surface area contributed by atoms with Crippen molar-refractivity contribution in [3.05, 3.63) is 54.1 Å². The van der Waals surface area contributed by atoms with Crippen LogP contribution in [-0.4, -0.2) is 58.1 Å². The lowest BCUT2D eigenvalue weighted by Gasteiger charge is -2.36. The highest BCUT2D eigenvalue weighted by atomic mass is 32.2. The summed E-state index contributed by atoms with van der Waals surface area (Å²) in [7, 11) is -2.42. The largest absolute Gasteiger partial charge is 0.497 e. The van der Waals surface area contributed by atoms with Crippen LogP contribution in [0, 0.1) is 11.6 Å². The standard InChI is InChI=1S/C22H27F2N3O6S/c1-32-16-3-2-4-17(12-16)34(30,31)27-19-8-6-15(33-21(19)13-28)9-10-25-22(29)26-20-11-14(23)5-7-18(20)24/h2-5,7,11-12,15,19,21,27-28H,6,8-10,13H2,1H3,(H2,25,26,29)/t15-,19-,21+/m1/s1. The molecule has 2 aromatic carbocycles. The van der Waals surface area contributed by atoms with E-state index in [0.717, 1.165) is 18.2 Å². The Morgan fingerprint density at radius 2 is 2.00 bits per heavy atom. The third-order valence-electron chi connectivity index (χ3n) is 5.38. The monoisotopic (exact) mass is 499 g/mol. The number of ether oxygens (including phenoxy) is 2. The number of sulfonamides is 1. The van der Waals surface area contributed by atoms with Crippen LogP contribution in [0.25, 0.3) is 0 Å². The van der Waals surface area contributed by atoms with Gasteiger partial charge in [0.05, 0.1) is 42.5 Å². The van der Waals surface area contributed by atoms with Crippen LogP contribution in [0.4, 0.5) is 19.3 Å². The Hall–Kier alpha value is -2.80. The molecule has 1 aliphatic rings. The van der Waals surface area contributed by atoms with Crippen molar-refractivity contribution in [2.45, 2.75) is 42.4 Å². The number of benzene rings is 2. The summed E-state index contributed by atoms with van der Waals surface area (Å²) < 4.78 is 65.8. The van der Waals surface area contributed by atoms with E-state index in [1.165, 1.54) is 19.2 Å². The molecule has 0 unspecified atom stereocenters. The number of hydrogen-bond acceptors (Lipinski definition) is 6. The van der Waals surface area contributed by atoms with Crippen LogP contribution >= 0.6 is 0 Å². The van der Waals surface area contributed by atoms with E-state index >= 15 is 0 Å². The van der Waals surface area contributed by atoms with Crippen molar-refractivity contribution in [1.29, 1.82) is 0 Å². The molecule has 0 aromatic heterocycles. The summed E-state index contributed by atoms with van der Waals surface area (Å²) in [6, 6.07) is 7.43. The number of halogens is 2. The van der Waals surface area contributed by atoms with Gasteiger partial charge in [0.15, 0.2) is 0 Å². The number of rotatable bonds is 9. The third kappa shape index (κ3) is 6.86. The fraction of sp³-hybridized carbons (Fsp3) is 0.409. The molecule has 1 saturated heterocycles. The minimum Gasteiger partial charge on any atom is -0.497 e. The van der Waals surface area contributed by atoms with Crippen LogP contribution in [0.1, 0.15) is 19.3 Å². The summed E-state index contributed by atoms with van der Waals surface area (Å²) in [5.41, 5.74) is -0.280. The smallest absolute Gasteiger partial charge is 0.319 e. The number of carbonyl (C=O) groups is 1. The summed E-state index contributed by atoms with van der Waals surface area (Å²) in [4.78, 5) is 12.0. The van der Waals surface area contributed by atoms with E-state index in [9.17, 15) is 27.1 Å². The number of amides is 2. The third-order valence-corrected chi connectivity index (χ3v) is 6.87. The van der Waals surface area contributed by atoms with Crippen LogP contribution in [0.15, 0.2) is 47.4 Å². The average molecular weight is 500 g/mol. The van der Waals surface area contributed by atoms with Crippen LogP contribution in [0.3, 0.4) is 0 Å². The van der Waals surface area contributed by atoms with Gasteiger partial charge in [-0.25, -0.2) is 26.7 Å². The molecular formula is C22H27F2N3O6S. The number of anilines is 1. The first-order chi connectivity index (χ1) is 16.2. The second-order valence-corrected chi connectivity index (χ2v) is 9.47. The van der Waals surface area contributed by atoms with Gasteiger partial charge in [-0.15, -0.1) is 0 Å². The Balaban J connectivity index is 1.49. The zero-order valence-electron chi connectivity index (χ0n) is 18.5. The Morgan fingerprint density at radius 3 is 2.74 bits per heavy atom. The Labute approximate surface area is 196 Å². The predicted octanol–water partition coefficient (Wildman–Crippen LogP) is 2.37. The molecule has 4 N–H and O–H groups in total. The predicted molar refractivity (Wildman–Crippen MR) is 120 cm³/mol. The summed E-state index contributed by atoms with van der Waals surface area (Å²) >= 11 is 0. The molecule has 2 aromatic rings. The molecule has 0 aliphatic carbocycles. The lowest BCUT2D eigenvalue weighted by Crippen LogP contribution is -2.51. The molecular weight excluding hydrogens is 472 g/mol. The van der Waals surface area contributed by atoms with Crippen molar-refractivity contribution in [3.8, 4) is 5.75 Å². The van der Waals surface area contributed by atoms with Gasteiger partial charge in [-0.2, -0.15) is 0 Å². The minimum absolute atomic E-state index is 0.0376. The van der Waals surface area contributed by atoms with Crippen LogP contribution in [0.2, 0.25) is 0 Å². The van der Waals surface area contributed by atoms with Gasteiger partial charge < -0.3 is 25.2 Å².